The predicted molar refractivity (Wildman–Crippen MR) is 38.0 cm³/mol. The molecule has 0 aromatic heterocycles. The van der Waals surface area contributed by atoms with Crippen molar-refractivity contribution in [2.75, 3.05) is 14.2 Å². The summed E-state index contributed by atoms with van der Waals surface area (Å²) in [6.07, 6.45) is -5.88. The van der Waals surface area contributed by atoms with E-state index in [9.17, 15) is 18.0 Å². The quantitative estimate of drug-likeness (QED) is 0.645. The lowest BCUT2D eigenvalue weighted by Gasteiger charge is -2.22. The number of halogens is 3. The zero-order valence-electron chi connectivity index (χ0n) is 7.51. The molecule has 0 aromatic rings. The number of alkyl halides is 3. The van der Waals surface area contributed by atoms with Crippen LogP contribution in [0.3, 0.4) is 0 Å². The molecule has 0 rings (SSSR count). The van der Waals surface area contributed by atoms with Gasteiger partial charge in [0.15, 0.2) is 5.92 Å². The van der Waals surface area contributed by atoms with Crippen LogP contribution in [0, 0.1) is 5.92 Å². The van der Waals surface area contributed by atoms with Crippen molar-refractivity contribution in [2.45, 2.75) is 19.2 Å². The molecule has 0 aliphatic rings. The van der Waals surface area contributed by atoms with Crippen LogP contribution in [-0.4, -0.2) is 32.5 Å². The molecule has 6 heteroatoms. The van der Waals surface area contributed by atoms with E-state index in [-0.39, 0.29) is 0 Å². The summed E-state index contributed by atoms with van der Waals surface area (Å²) in [5, 5.41) is 0. The van der Waals surface area contributed by atoms with Gasteiger partial charge in [-0.1, -0.05) is 0 Å². The van der Waals surface area contributed by atoms with Crippen molar-refractivity contribution in [1.82, 2.24) is 0 Å². The Bertz CT molecular complexity index is 178. The Hall–Kier alpha value is -0.780. The van der Waals surface area contributed by atoms with Gasteiger partial charge in [-0.25, -0.2) is 0 Å². The van der Waals surface area contributed by atoms with Gasteiger partial charge in [0.05, 0.1) is 13.2 Å². The normalized spacial score (nSPS) is 16.5. The molecule has 78 valence electrons. The van der Waals surface area contributed by atoms with E-state index in [1.807, 2.05) is 0 Å². The first-order valence-electron chi connectivity index (χ1n) is 3.52. The lowest BCUT2D eigenvalue weighted by molar-refractivity contribution is -0.214. The highest BCUT2D eigenvalue weighted by molar-refractivity contribution is 5.73. The highest BCUT2D eigenvalue weighted by Crippen LogP contribution is 2.30. The zero-order chi connectivity index (χ0) is 10.6. The minimum absolute atomic E-state index is 0.906. The molecular weight excluding hydrogens is 189 g/mol. The Labute approximate surface area is 73.8 Å². The summed E-state index contributed by atoms with van der Waals surface area (Å²) in [4.78, 5) is 10.7. The standard InChI is InChI=1S/C7H11F3O3/c1-4(12-2)5(6(11)13-3)7(8,9)10/h4-5H,1-3H3. The number of hydrogen-bond donors (Lipinski definition) is 0. The first-order valence-corrected chi connectivity index (χ1v) is 3.52. The SMILES string of the molecule is COC(=O)C(C(C)OC)C(F)(F)F. The molecule has 0 amide bonds. The molecule has 0 aliphatic heterocycles. The number of hydrogen-bond acceptors (Lipinski definition) is 3. The molecule has 2 unspecified atom stereocenters. The Morgan fingerprint density at radius 3 is 2.00 bits per heavy atom. The lowest BCUT2D eigenvalue weighted by Crippen LogP contribution is -2.40. The summed E-state index contributed by atoms with van der Waals surface area (Å²) in [5.41, 5.74) is 0. The van der Waals surface area contributed by atoms with E-state index in [1.54, 1.807) is 0 Å². The maximum atomic E-state index is 12.2. The van der Waals surface area contributed by atoms with E-state index in [0.717, 1.165) is 21.1 Å². The largest absolute Gasteiger partial charge is 0.468 e. The average Bonchev–Trinajstić information content (AvgIpc) is 2.01. The molecule has 3 nitrogen and oxygen atoms in total. The topological polar surface area (TPSA) is 35.5 Å². The Kier molecular flexibility index (Phi) is 4.19. The van der Waals surface area contributed by atoms with Crippen molar-refractivity contribution >= 4 is 5.97 Å². The molecular formula is C7H11F3O3. The van der Waals surface area contributed by atoms with Crippen molar-refractivity contribution in [1.29, 1.82) is 0 Å². The van der Waals surface area contributed by atoms with Gasteiger partial charge in [0, 0.05) is 7.11 Å². The van der Waals surface area contributed by atoms with Crippen LogP contribution in [0.25, 0.3) is 0 Å². The Balaban J connectivity index is 4.65. The van der Waals surface area contributed by atoms with Gasteiger partial charge in [-0.05, 0) is 6.92 Å². The van der Waals surface area contributed by atoms with Gasteiger partial charge in [-0.3, -0.25) is 4.79 Å². The fraction of sp³-hybridized carbons (Fsp3) is 0.857. The van der Waals surface area contributed by atoms with Crippen LogP contribution in [-0.2, 0) is 14.3 Å². The van der Waals surface area contributed by atoms with Crippen molar-refractivity contribution in [3.8, 4) is 0 Å². The Morgan fingerprint density at radius 2 is 1.77 bits per heavy atom. The molecule has 0 bridgehead atoms. The highest BCUT2D eigenvalue weighted by atomic mass is 19.4. The van der Waals surface area contributed by atoms with Crippen LogP contribution in [0.1, 0.15) is 6.92 Å². The number of carbonyl (C=O) groups is 1. The van der Waals surface area contributed by atoms with Gasteiger partial charge in [-0.2, -0.15) is 13.2 Å². The van der Waals surface area contributed by atoms with Gasteiger partial charge >= 0.3 is 12.1 Å². The monoisotopic (exact) mass is 200 g/mol. The number of methoxy groups -OCH3 is 2. The van der Waals surface area contributed by atoms with Crippen LogP contribution >= 0.6 is 0 Å². The second kappa shape index (κ2) is 4.45. The first kappa shape index (κ1) is 12.2. The summed E-state index contributed by atoms with van der Waals surface area (Å²) >= 11 is 0. The van der Waals surface area contributed by atoms with E-state index >= 15 is 0 Å². The van der Waals surface area contributed by atoms with Crippen molar-refractivity contribution in [3.63, 3.8) is 0 Å². The van der Waals surface area contributed by atoms with Gasteiger partial charge < -0.3 is 9.47 Å². The maximum Gasteiger partial charge on any atom is 0.404 e. The zero-order valence-corrected chi connectivity index (χ0v) is 7.51. The summed E-state index contributed by atoms with van der Waals surface area (Å²) < 4.78 is 45.1. The number of carbonyl (C=O) groups excluding carboxylic acids is 1. The molecule has 2 atom stereocenters. The molecule has 0 aliphatic carbocycles. The molecule has 0 heterocycles. The minimum atomic E-state index is -4.64. The molecule has 13 heavy (non-hydrogen) atoms. The minimum Gasteiger partial charge on any atom is -0.468 e. The van der Waals surface area contributed by atoms with Gasteiger partial charge in [0.25, 0.3) is 0 Å². The van der Waals surface area contributed by atoms with E-state index in [2.05, 4.69) is 9.47 Å². The van der Waals surface area contributed by atoms with Gasteiger partial charge in [0.1, 0.15) is 0 Å². The van der Waals surface area contributed by atoms with Crippen LogP contribution in [0.4, 0.5) is 13.2 Å². The van der Waals surface area contributed by atoms with E-state index in [1.165, 1.54) is 0 Å². The summed E-state index contributed by atoms with van der Waals surface area (Å²) in [6.45, 7) is 1.16. The van der Waals surface area contributed by atoms with Crippen molar-refractivity contribution < 1.29 is 27.4 Å². The van der Waals surface area contributed by atoms with Crippen molar-refractivity contribution in [2.24, 2.45) is 5.92 Å². The number of ether oxygens (including phenoxy) is 2. The lowest BCUT2D eigenvalue weighted by atomic mass is 10.0. The van der Waals surface area contributed by atoms with E-state index in [4.69, 9.17) is 0 Å². The van der Waals surface area contributed by atoms with Crippen LogP contribution in [0.2, 0.25) is 0 Å². The third-order valence-electron chi connectivity index (χ3n) is 1.65. The number of esters is 1. The van der Waals surface area contributed by atoms with Crippen LogP contribution in [0.5, 0.6) is 0 Å². The fourth-order valence-electron chi connectivity index (χ4n) is 0.854. The molecule has 0 fully saturated rings. The number of rotatable bonds is 3. The van der Waals surface area contributed by atoms with Crippen molar-refractivity contribution in [3.05, 3.63) is 0 Å². The smallest absolute Gasteiger partial charge is 0.404 e. The van der Waals surface area contributed by atoms with E-state index < -0.39 is 24.2 Å². The van der Waals surface area contributed by atoms with Crippen LogP contribution < -0.4 is 0 Å². The highest BCUT2D eigenvalue weighted by Gasteiger charge is 2.49. The summed E-state index contributed by atoms with van der Waals surface area (Å²) in [6, 6.07) is 0. The molecule has 0 saturated heterocycles. The fourth-order valence-corrected chi connectivity index (χ4v) is 0.854. The van der Waals surface area contributed by atoms with Gasteiger partial charge in [0.2, 0.25) is 0 Å². The van der Waals surface area contributed by atoms with Crippen LogP contribution in [0.15, 0.2) is 0 Å². The second-order valence-electron chi connectivity index (χ2n) is 2.48. The first-order chi connectivity index (χ1) is 5.84. The third-order valence-corrected chi connectivity index (χ3v) is 1.65. The molecule has 0 spiro atoms. The van der Waals surface area contributed by atoms with Gasteiger partial charge in [-0.15, -0.1) is 0 Å². The molecule has 0 radical (unpaired) electrons. The molecule has 0 aromatic carbocycles. The maximum absolute atomic E-state index is 12.2. The molecule has 0 saturated carbocycles. The second-order valence-corrected chi connectivity index (χ2v) is 2.48. The summed E-state index contributed by atoms with van der Waals surface area (Å²) in [5.74, 6) is -3.55. The third kappa shape index (κ3) is 3.22. The predicted octanol–water partition coefficient (Wildman–Crippen LogP) is 1.37. The molecule has 0 N–H and O–H groups in total. The van der Waals surface area contributed by atoms with E-state index in [0.29, 0.717) is 0 Å². The summed E-state index contributed by atoms with van der Waals surface area (Å²) in [7, 11) is 2.01. The Morgan fingerprint density at radius 1 is 1.31 bits per heavy atom. The average molecular weight is 200 g/mol.